The van der Waals surface area contributed by atoms with Crippen LogP contribution in [0, 0.1) is 12.7 Å². The van der Waals surface area contributed by atoms with E-state index in [4.69, 9.17) is 4.42 Å². The monoisotopic (exact) mass is 387 g/mol. The second-order valence-electron chi connectivity index (χ2n) is 6.02. The molecule has 2 aromatic carbocycles. The van der Waals surface area contributed by atoms with Gasteiger partial charge < -0.3 is 9.73 Å². The summed E-state index contributed by atoms with van der Waals surface area (Å²) in [4.78, 5) is 12.2. The van der Waals surface area contributed by atoms with E-state index in [-0.39, 0.29) is 17.2 Å². The van der Waals surface area contributed by atoms with Crippen molar-refractivity contribution in [1.82, 2.24) is 5.32 Å². The fourth-order valence-electron chi connectivity index (χ4n) is 2.69. The number of carbonyl (C=O) groups excluding carboxylic acids is 1. The van der Waals surface area contributed by atoms with Crippen molar-refractivity contribution in [2.75, 3.05) is 6.54 Å². The van der Waals surface area contributed by atoms with Crippen molar-refractivity contribution in [3.8, 4) is 0 Å². The minimum absolute atomic E-state index is 0.0131. The first-order valence-corrected chi connectivity index (χ1v) is 9.81. The average molecular weight is 387 g/mol. The predicted molar refractivity (Wildman–Crippen MR) is 98.5 cm³/mol. The van der Waals surface area contributed by atoms with Crippen molar-refractivity contribution in [3.63, 3.8) is 0 Å². The molecule has 0 bridgehead atoms. The van der Waals surface area contributed by atoms with Crippen LogP contribution in [0.1, 0.15) is 27.1 Å². The molecule has 1 N–H and O–H groups in total. The lowest BCUT2D eigenvalue weighted by molar-refractivity contribution is 0.0924. The Labute approximate surface area is 156 Å². The summed E-state index contributed by atoms with van der Waals surface area (Å²) in [7, 11) is -3.86. The van der Waals surface area contributed by atoms with Gasteiger partial charge in [0.2, 0.25) is 0 Å². The molecule has 0 radical (unpaired) electrons. The van der Waals surface area contributed by atoms with Crippen LogP contribution in [0.15, 0.2) is 76.0 Å². The van der Waals surface area contributed by atoms with Crippen LogP contribution in [0.4, 0.5) is 4.39 Å². The molecule has 1 amide bonds. The highest BCUT2D eigenvalue weighted by Crippen LogP contribution is 2.28. The quantitative estimate of drug-likeness (QED) is 0.655. The smallest absolute Gasteiger partial charge is 0.287 e. The predicted octanol–water partition coefficient (Wildman–Crippen LogP) is 3.67. The van der Waals surface area contributed by atoms with Gasteiger partial charge in [0.1, 0.15) is 16.8 Å². The Kier molecular flexibility index (Phi) is 5.41. The van der Waals surface area contributed by atoms with Crippen molar-refractivity contribution < 1.29 is 22.0 Å². The molecular formula is C20H18FNO4S. The van der Waals surface area contributed by atoms with Crippen LogP contribution in [0.25, 0.3) is 0 Å². The minimum Gasteiger partial charge on any atom is -0.456 e. The molecule has 7 heteroatoms. The number of amides is 1. The van der Waals surface area contributed by atoms with Gasteiger partial charge in [0, 0.05) is 6.54 Å². The second-order valence-corrected chi connectivity index (χ2v) is 8.15. The Morgan fingerprint density at radius 2 is 1.70 bits per heavy atom. The number of furan rings is 1. The second kappa shape index (κ2) is 7.75. The number of rotatable bonds is 6. The summed E-state index contributed by atoms with van der Waals surface area (Å²) in [6, 6.07) is 16.4. The van der Waals surface area contributed by atoms with Crippen molar-refractivity contribution >= 4 is 15.7 Å². The van der Waals surface area contributed by atoms with E-state index in [9.17, 15) is 17.6 Å². The third-order valence-corrected chi connectivity index (χ3v) is 6.22. The number of halogens is 1. The van der Waals surface area contributed by atoms with E-state index in [1.807, 2.05) is 0 Å². The van der Waals surface area contributed by atoms with E-state index in [1.165, 1.54) is 18.2 Å². The Balaban J connectivity index is 1.89. The molecule has 0 saturated heterocycles. The maximum atomic E-state index is 13.2. The summed E-state index contributed by atoms with van der Waals surface area (Å²) in [6.07, 6.45) is 0. The highest BCUT2D eigenvalue weighted by Gasteiger charge is 2.30. The van der Waals surface area contributed by atoms with Crippen LogP contribution in [0.2, 0.25) is 0 Å². The number of benzene rings is 2. The van der Waals surface area contributed by atoms with Gasteiger partial charge in [-0.1, -0.05) is 30.3 Å². The molecule has 27 heavy (non-hydrogen) atoms. The molecule has 0 aliphatic rings. The Morgan fingerprint density at radius 3 is 2.30 bits per heavy atom. The van der Waals surface area contributed by atoms with E-state index in [0.717, 1.165) is 12.1 Å². The van der Waals surface area contributed by atoms with Crippen LogP contribution >= 0.6 is 0 Å². The number of sulfone groups is 1. The first-order valence-electron chi connectivity index (χ1n) is 8.27. The number of carbonyl (C=O) groups is 1. The first kappa shape index (κ1) is 18.8. The normalized spacial score (nSPS) is 12.5. The number of hydrogen-bond acceptors (Lipinski definition) is 4. The zero-order valence-electron chi connectivity index (χ0n) is 14.6. The molecule has 1 aromatic heterocycles. The van der Waals surface area contributed by atoms with Gasteiger partial charge in [-0.05, 0) is 48.9 Å². The summed E-state index contributed by atoms with van der Waals surface area (Å²) >= 11 is 0. The van der Waals surface area contributed by atoms with Crippen LogP contribution < -0.4 is 5.32 Å². The van der Waals surface area contributed by atoms with Gasteiger partial charge in [0.25, 0.3) is 5.91 Å². The summed E-state index contributed by atoms with van der Waals surface area (Å²) in [5.41, 5.74) is 0.526. The Morgan fingerprint density at radius 1 is 1.04 bits per heavy atom. The summed E-state index contributed by atoms with van der Waals surface area (Å²) < 4.78 is 44.6. The van der Waals surface area contributed by atoms with Crippen LogP contribution in [0.5, 0.6) is 0 Å². The van der Waals surface area contributed by atoms with Crippen molar-refractivity contribution in [1.29, 1.82) is 0 Å². The largest absolute Gasteiger partial charge is 0.456 e. The minimum atomic E-state index is -3.86. The van der Waals surface area contributed by atoms with E-state index in [1.54, 1.807) is 43.3 Å². The Hall–Kier alpha value is -2.93. The molecule has 3 rings (SSSR count). The fraction of sp³-hybridized carbons (Fsp3) is 0.150. The van der Waals surface area contributed by atoms with E-state index < -0.39 is 26.8 Å². The number of hydrogen-bond donors (Lipinski definition) is 1. The van der Waals surface area contributed by atoms with Gasteiger partial charge in [-0.3, -0.25) is 4.79 Å². The third kappa shape index (κ3) is 4.25. The van der Waals surface area contributed by atoms with Crippen LogP contribution in [0.3, 0.4) is 0 Å². The maximum absolute atomic E-state index is 13.2. The number of aryl methyl sites for hydroxylation is 1. The molecule has 1 heterocycles. The van der Waals surface area contributed by atoms with Gasteiger partial charge in [-0.25, -0.2) is 12.8 Å². The van der Waals surface area contributed by atoms with Gasteiger partial charge in [-0.15, -0.1) is 0 Å². The average Bonchev–Trinajstić information content (AvgIpc) is 3.09. The highest BCUT2D eigenvalue weighted by atomic mass is 32.2. The maximum Gasteiger partial charge on any atom is 0.287 e. The standard InChI is InChI=1S/C20H18FNO4S/c1-14-7-12-18(26-14)20(23)22-13-19(15-5-3-2-4-6-15)27(24,25)17-10-8-16(21)9-11-17/h2-12,19H,13H2,1H3,(H,22,23). The third-order valence-electron chi connectivity index (χ3n) is 4.10. The van der Waals surface area contributed by atoms with E-state index >= 15 is 0 Å². The molecule has 5 nitrogen and oxygen atoms in total. The van der Waals surface area contributed by atoms with Crippen molar-refractivity contribution in [2.45, 2.75) is 17.1 Å². The van der Waals surface area contributed by atoms with Gasteiger partial charge in [0.15, 0.2) is 15.6 Å². The molecule has 0 saturated carbocycles. The number of nitrogens with one attached hydrogen (secondary N) is 1. The van der Waals surface area contributed by atoms with Crippen molar-refractivity contribution in [2.24, 2.45) is 0 Å². The SMILES string of the molecule is Cc1ccc(C(=O)NCC(c2ccccc2)S(=O)(=O)c2ccc(F)cc2)o1. The van der Waals surface area contributed by atoms with Gasteiger partial charge in [0.05, 0.1) is 4.90 Å². The molecular weight excluding hydrogens is 369 g/mol. The zero-order chi connectivity index (χ0) is 19.4. The fourth-order valence-corrected chi connectivity index (χ4v) is 4.35. The molecule has 140 valence electrons. The summed E-state index contributed by atoms with van der Waals surface area (Å²) in [6.45, 7) is 1.56. The molecule has 0 aliphatic carbocycles. The lowest BCUT2D eigenvalue weighted by Crippen LogP contribution is -2.31. The molecule has 3 aromatic rings. The van der Waals surface area contributed by atoms with E-state index in [0.29, 0.717) is 11.3 Å². The zero-order valence-corrected chi connectivity index (χ0v) is 15.4. The van der Waals surface area contributed by atoms with Gasteiger partial charge >= 0.3 is 0 Å². The molecule has 0 fully saturated rings. The molecule has 1 unspecified atom stereocenters. The lowest BCUT2D eigenvalue weighted by atomic mass is 10.1. The van der Waals surface area contributed by atoms with Crippen LogP contribution in [-0.2, 0) is 9.84 Å². The summed E-state index contributed by atoms with van der Waals surface area (Å²) in [5, 5.41) is 1.59. The Bertz CT molecular complexity index is 1030. The topological polar surface area (TPSA) is 76.4 Å². The molecule has 0 spiro atoms. The molecule has 0 aliphatic heterocycles. The summed E-state index contributed by atoms with van der Waals surface area (Å²) in [5.74, 6) is -0.331. The lowest BCUT2D eigenvalue weighted by Gasteiger charge is -2.19. The van der Waals surface area contributed by atoms with E-state index in [2.05, 4.69) is 5.32 Å². The highest BCUT2D eigenvalue weighted by molar-refractivity contribution is 7.91. The first-order chi connectivity index (χ1) is 12.9. The van der Waals surface area contributed by atoms with Crippen molar-refractivity contribution in [3.05, 3.63) is 89.6 Å². The van der Waals surface area contributed by atoms with Gasteiger partial charge in [-0.2, -0.15) is 0 Å². The van der Waals surface area contributed by atoms with Crippen LogP contribution in [-0.4, -0.2) is 20.9 Å². The molecule has 1 atom stereocenters.